The molecular weight excluding hydrogens is 268 g/mol. The van der Waals surface area contributed by atoms with E-state index in [1.807, 2.05) is 0 Å². The Kier molecular flexibility index (Phi) is 5.34. The van der Waals surface area contributed by atoms with Gasteiger partial charge in [0.25, 0.3) is 0 Å². The van der Waals surface area contributed by atoms with E-state index >= 15 is 0 Å². The van der Waals surface area contributed by atoms with Gasteiger partial charge in [0.15, 0.2) is 0 Å². The molecule has 2 nitrogen and oxygen atoms in total. The third-order valence-electron chi connectivity index (χ3n) is 4.25. The largest absolute Gasteiger partial charge is 0.364 e. The van der Waals surface area contributed by atoms with E-state index in [0.29, 0.717) is 18.0 Å². The second kappa shape index (κ2) is 6.82. The molecular formula is C17H27ClN2. The highest BCUT2D eigenvalue weighted by molar-refractivity contribution is 6.33. The first-order valence-electron chi connectivity index (χ1n) is 7.79. The van der Waals surface area contributed by atoms with Crippen molar-refractivity contribution in [3.05, 3.63) is 28.8 Å². The van der Waals surface area contributed by atoms with E-state index in [2.05, 4.69) is 56.1 Å². The number of hydrogen-bond acceptors (Lipinski definition) is 2. The molecule has 1 aromatic carbocycles. The summed E-state index contributed by atoms with van der Waals surface area (Å²) in [5.41, 5.74) is 2.42. The molecule has 3 heteroatoms. The lowest BCUT2D eigenvalue weighted by molar-refractivity contribution is 0.327. The van der Waals surface area contributed by atoms with Crippen LogP contribution in [0.3, 0.4) is 0 Å². The highest BCUT2D eigenvalue weighted by Crippen LogP contribution is 2.31. The van der Waals surface area contributed by atoms with Crippen molar-refractivity contribution < 1.29 is 0 Å². The molecule has 0 saturated carbocycles. The van der Waals surface area contributed by atoms with Gasteiger partial charge in [-0.15, -0.1) is 0 Å². The van der Waals surface area contributed by atoms with Gasteiger partial charge in [-0.2, -0.15) is 0 Å². The summed E-state index contributed by atoms with van der Waals surface area (Å²) in [6.07, 6.45) is 2.45. The first-order valence-corrected chi connectivity index (χ1v) is 8.17. The summed E-state index contributed by atoms with van der Waals surface area (Å²) in [6, 6.07) is 7.51. The van der Waals surface area contributed by atoms with Crippen molar-refractivity contribution in [2.75, 3.05) is 18.0 Å². The molecule has 0 amide bonds. The molecule has 2 unspecified atom stereocenters. The molecule has 112 valence electrons. The molecule has 0 radical (unpaired) electrons. The Balaban J connectivity index is 2.26. The van der Waals surface area contributed by atoms with Gasteiger partial charge in [0, 0.05) is 25.2 Å². The minimum atomic E-state index is 0.517. The topological polar surface area (TPSA) is 15.3 Å². The van der Waals surface area contributed by atoms with E-state index in [4.69, 9.17) is 11.6 Å². The summed E-state index contributed by atoms with van der Waals surface area (Å²) in [5.74, 6) is 0.613. The van der Waals surface area contributed by atoms with Crippen molar-refractivity contribution in [3.8, 4) is 0 Å². The monoisotopic (exact) mass is 294 g/mol. The number of nitrogens with one attached hydrogen (secondary N) is 1. The predicted molar refractivity (Wildman–Crippen MR) is 88.9 cm³/mol. The molecule has 0 aromatic heterocycles. The fourth-order valence-corrected chi connectivity index (χ4v) is 3.44. The van der Waals surface area contributed by atoms with Gasteiger partial charge in [0.1, 0.15) is 0 Å². The lowest BCUT2D eigenvalue weighted by Gasteiger charge is -2.44. The molecule has 1 saturated heterocycles. The van der Waals surface area contributed by atoms with E-state index in [-0.39, 0.29) is 0 Å². The first-order chi connectivity index (χ1) is 9.52. The Morgan fingerprint density at radius 2 is 2.15 bits per heavy atom. The zero-order valence-corrected chi connectivity index (χ0v) is 13.9. The summed E-state index contributed by atoms with van der Waals surface area (Å²) in [7, 11) is 0. The number of piperazine rings is 1. The van der Waals surface area contributed by atoms with E-state index in [9.17, 15) is 0 Å². The molecule has 1 heterocycles. The van der Waals surface area contributed by atoms with Crippen LogP contribution in [0.15, 0.2) is 18.2 Å². The maximum Gasteiger partial charge on any atom is 0.0642 e. The second-order valence-electron chi connectivity index (χ2n) is 6.31. The van der Waals surface area contributed by atoms with Crippen LogP contribution in [0.4, 0.5) is 5.69 Å². The van der Waals surface area contributed by atoms with E-state index in [1.54, 1.807) is 0 Å². The highest BCUT2D eigenvalue weighted by atomic mass is 35.5. The second-order valence-corrected chi connectivity index (χ2v) is 6.72. The number of anilines is 1. The van der Waals surface area contributed by atoms with Gasteiger partial charge in [-0.3, -0.25) is 0 Å². The Morgan fingerprint density at radius 1 is 1.40 bits per heavy atom. The average molecular weight is 295 g/mol. The summed E-state index contributed by atoms with van der Waals surface area (Å²) in [4.78, 5) is 2.52. The van der Waals surface area contributed by atoms with Crippen LogP contribution in [0.5, 0.6) is 0 Å². The smallest absolute Gasteiger partial charge is 0.0642 e. The van der Waals surface area contributed by atoms with E-state index < -0.39 is 0 Å². The number of benzene rings is 1. The predicted octanol–water partition coefficient (Wildman–Crippen LogP) is 4.25. The van der Waals surface area contributed by atoms with Crippen LogP contribution >= 0.6 is 11.6 Å². The number of aryl methyl sites for hydroxylation is 1. The summed E-state index contributed by atoms with van der Waals surface area (Å²) < 4.78 is 0. The first kappa shape index (κ1) is 15.7. The summed E-state index contributed by atoms with van der Waals surface area (Å²) in [6.45, 7) is 11.0. The Morgan fingerprint density at radius 3 is 2.75 bits per heavy atom. The Hall–Kier alpha value is -0.730. The molecule has 2 rings (SSSR count). The molecule has 0 bridgehead atoms. The quantitative estimate of drug-likeness (QED) is 0.893. The van der Waals surface area contributed by atoms with E-state index in [0.717, 1.165) is 18.1 Å². The number of rotatable bonds is 4. The van der Waals surface area contributed by atoms with Crippen molar-refractivity contribution in [1.29, 1.82) is 0 Å². The minimum absolute atomic E-state index is 0.517. The van der Waals surface area contributed by atoms with Gasteiger partial charge in [-0.1, -0.05) is 44.9 Å². The summed E-state index contributed by atoms with van der Waals surface area (Å²) in [5, 5.41) is 4.58. The number of halogens is 1. The minimum Gasteiger partial charge on any atom is -0.364 e. The fraction of sp³-hybridized carbons (Fsp3) is 0.647. The van der Waals surface area contributed by atoms with Crippen LogP contribution < -0.4 is 10.2 Å². The summed E-state index contributed by atoms with van der Waals surface area (Å²) >= 11 is 6.50. The maximum atomic E-state index is 6.50. The molecule has 1 aliphatic heterocycles. The SMILES string of the molecule is CCCC1CN(c2ccc(C)cc2Cl)C(C(C)C)CN1. The van der Waals surface area contributed by atoms with Gasteiger partial charge < -0.3 is 10.2 Å². The van der Waals surface area contributed by atoms with Crippen LogP contribution in [-0.4, -0.2) is 25.2 Å². The average Bonchev–Trinajstić information content (AvgIpc) is 2.38. The van der Waals surface area contributed by atoms with Crippen molar-refractivity contribution in [1.82, 2.24) is 5.32 Å². The lowest BCUT2D eigenvalue weighted by atomic mass is 9.96. The third-order valence-corrected chi connectivity index (χ3v) is 4.56. The van der Waals surface area contributed by atoms with Gasteiger partial charge in [0.2, 0.25) is 0 Å². The van der Waals surface area contributed by atoms with Crippen molar-refractivity contribution >= 4 is 17.3 Å². The zero-order chi connectivity index (χ0) is 14.7. The molecule has 1 aliphatic rings. The Bertz CT molecular complexity index is 445. The van der Waals surface area contributed by atoms with Crippen molar-refractivity contribution in [2.45, 2.75) is 52.6 Å². The normalized spacial score (nSPS) is 23.4. The van der Waals surface area contributed by atoms with Gasteiger partial charge >= 0.3 is 0 Å². The van der Waals surface area contributed by atoms with Gasteiger partial charge in [-0.25, -0.2) is 0 Å². The number of hydrogen-bond donors (Lipinski definition) is 1. The fourth-order valence-electron chi connectivity index (χ4n) is 3.09. The van der Waals surface area contributed by atoms with Crippen LogP contribution in [0.25, 0.3) is 0 Å². The molecule has 1 fully saturated rings. The van der Waals surface area contributed by atoms with Crippen LogP contribution in [0, 0.1) is 12.8 Å². The highest BCUT2D eigenvalue weighted by Gasteiger charge is 2.30. The van der Waals surface area contributed by atoms with Crippen LogP contribution in [0.2, 0.25) is 5.02 Å². The van der Waals surface area contributed by atoms with Crippen LogP contribution in [0.1, 0.15) is 39.2 Å². The molecule has 0 spiro atoms. The number of nitrogens with zero attached hydrogens (tertiary/aromatic N) is 1. The molecule has 2 atom stereocenters. The van der Waals surface area contributed by atoms with Crippen molar-refractivity contribution in [2.24, 2.45) is 5.92 Å². The van der Waals surface area contributed by atoms with E-state index in [1.165, 1.54) is 24.1 Å². The van der Waals surface area contributed by atoms with Crippen molar-refractivity contribution in [3.63, 3.8) is 0 Å². The van der Waals surface area contributed by atoms with Crippen LogP contribution in [-0.2, 0) is 0 Å². The molecule has 0 aliphatic carbocycles. The molecule has 1 N–H and O–H groups in total. The third kappa shape index (κ3) is 3.48. The maximum absolute atomic E-state index is 6.50. The van der Waals surface area contributed by atoms with Gasteiger partial charge in [-0.05, 0) is 37.0 Å². The van der Waals surface area contributed by atoms with Gasteiger partial charge in [0.05, 0.1) is 10.7 Å². The lowest BCUT2D eigenvalue weighted by Crippen LogP contribution is -2.58. The molecule has 20 heavy (non-hydrogen) atoms. The molecule has 1 aromatic rings. The zero-order valence-electron chi connectivity index (χ0n) is 13.1. The standard InChI is InChI=1S/C17H27ClN2/c1-5-6-14-11-20(17(10-19-14)12(2)3)16-8-7-13(4)9-15(16)18/h7-9,12,14,17,19H,5-6,10-11H2,1-4H3. The Labute approximate surface area is 128 Å².